The van der Waals surface area contributed by atoms with Crippen LogP contribution in [0, 0.1) is 0 Å². The lowest BCUT2D eigenvalue weighted by Gasteiger charge is -1.94. The summed E-state index contributed by atoms with van der Waals surface area (Å²) in [5, 5.41) is 3.58. The highest BCUT2D eigenvalue weighted by atomic mass is 16.2. The molecular formula is C8H10N4O. The molecule has 68 valence electrons. The van der Waals surface area contributed by atoms with Crippen molar-refractivity contribution in [1.82, 2.24) is 5.43 Å². The first-order valence-electron chi connectivity index (χ1n) is 3.62. The topological polar surface area (TPSA) is 93.5 Å². The molecule has 0 heterocycles. The van der Waals surface area contributed by atoms with Gasteiger partial charge in [0.25, 0.3) is 0 Å². The Kier molecular flexibility index (Phi) is 2.86. The van der Waals surface area contributed by atoms with Crippen molar-refractivity contribution < 1.29 is 4.79 Å². The van der Waals surface area contributed by atoms with Crippen LogP contribution in [0.2, 0.25) is 0 Å². The molecule has 5 heteroatoms. The second-order valence-electron chi connectivity index (χ2n) is 2.40. The average Bonchev–Trinajstić information content (AvgIpc) is 2.08. The molecule has 0 bridgehead atoms. The predicted molar refractivity (Wildman–Crippen MR) is 51.2 cm³/mol. The van der Waals surface area contributed by atoms with E-state index in [2.05, 4.69) is 10.5 Å². The molecule has 0 radical (unpaired) electrons. The number of hydrazone groups is 1. The first kappa shape index (κ1) is 9.05. The summed E-state index contributed by atoms with van der Waals surface area (Å²) in [5.74, 6) is 0. The van der Waals surface area contributed by atoms with Crippen molar-refractivity contribution in [2.24, 2.45) is 10.8 Å². The lowest BCUT2D eigenvalue weighted by Crippen LogP contribution is -2.24. The summed E-state index contributed by atoms with van der Waals surface area (Å²) in [4.78, 5) is 10.2. The van der Waals surface area contributed by atoms with Gasteiger partial charge in [0, 0.05) is 5.69 Å². The van der Waals surface area contributed by atoms with E-state index < -0.39 is 6.03 Å². The fraction of sp³-hybridized carbons (Fsp3) is 0. The summed E-state index contributed by atoms with van der Waals surface area (Å²) in [7, 11) is 0. The SMILES string of the molecule is NC(=O)N/N=C\c1ccc(N)cc1. The summed E-state index contributed by atoms with van der Waals surface area (Å²) in [6, 6.07) is 6.35. The highest BCUT2D eigenvalue weighted by Crippen LogP contribution is 2.02. The number of nitrogens with two attached hydrogens (primary N) is 2. The first-order valence-corrected chi connectivity index (χ1v) is 3.62. The number of rotatable bonds is 2. The number of nitrogens with one attached hydrogen (secondary N) is 1. The molecule has 0 spiro atoms. The van der Waals surface area contributed by atoms with Gasteiger partial charge in [0.2, 0.25) is 0 Å². The van der Waals surface area contributed by atoms with E-state index >= 15 is 0 Å². The van der Waals surface area contributed by atoms with Gasteiger partial charge < -0.3 is 11.5 Å². The Hall–Kier alpha value is -2.04. The number of benzene rings is 1. The van der Waals surface area contributed by atoms with Gasteiger partial charge in [-0.15, -0.1) is 0 Å². The van der Waals surface area contributed by atoms with Crippen LogP contribution in [0.4, 0.5) is 10.5 Å². The lowest BCUT2D eigenvalue weighted by molar-refractivity contribution is 0.249. The van der Waals surface area contributed by atoms with Crippen LogP contribution < -0.4 is 16.9 Å². The summed E-state index contributed by atoms with van der Waals surface area (Å²) in [6.45, 7) is 0. The third-order valence-electron chi connectivity index (χ3n) is 1.32. The van der Waals surface area contributed by atoms with Crippen molar-refractivity contribution >= 4 is 17.9 Å². The monoisotopic (exact) mass is 178 g/mol. The normalized spacial score (nSPS) is 10.2. The Balaban J connectivity index is 2.59. The quantitative estimate of drug-likeness (QED) is 0.344. The summed E-state index contributed by atoms with van der Waals surface area (Å²) in [5.41, 5.74) is 13.9. The number of hydrogen-bond acceptors (Lipinski definition) is 3. The van der Waals surface area contributed by atoms with E-state index in [0.717, 1.165) is 5.56 Å². The number of carbonyl (C=O) groups excluding carboxylic acids is 1. The molecule has 5 N–H and O–H groups in total. The van der Waals surface area contributed by atoms with Crippen LogP contribution in [0.15, 0.2) is 29.4 Å². The molecule has 0 unspecified atom stereocenters. The van der Waals surface area contributed by atoms with Gasteiger partial charge in [-0.25, -0.2) is 10.2 Å². The molecule has 0 atom stereocenters. The molecule has 0 saturated carbocycles. The van der Waals surface area contributed by atoms with Crippen molar-refractivity contribution in [3.8, 4) is 0 Å². The molecule has 2 amide bonds. The number of anilines is 1. The van der Waals surface area contributed by atoms with Gasteiger partial charge in [-0.2, -0.15) is 5.10 Å². The molecule has 1 aromatic rings. The Labute approximate surface area is 75.4 Å². The molecule has 0 aliphatic rings. The molecule has 1 rings (SSSR count). The molecule has 1 aromatic carbocycles. The van der Waals surface area contributed by atoms with Gasteiger partial charge in [0.05, 0.1) is 6.21 Å². The Bertz CT molecular complexity index is 317. The van der Waals surface area contributed by atoms with Crippen LogP contribution in [0.25, 0.3) is 0 Å². The number of nitrogen functional groups attached to an aromatic ring is 1. The van der Waals surface area contributed by atoms with Crippen molar-refractivity contribution in [2.45, 2.75) is 0 Å². The van der Waals surface area contributed by atoms with Crippen molar-refractivity contribution in [3.63, 3.8) is 0 Å². The second-order valence-corrected chi connectivity index (χ2v) is 2.40. The molecule has 0 aliphatic carbocycles. The molecule has 0 aromatic heterocycles. The van der Waals surface area contributed by atoms with Gasteiger partial charge in [-0.1, -0.05) is 12.1 Å². The molecular weight excluding hydrogens is 168 g/mol. The van der Waals surface area contributed by atoms with Crippen molar-refractivity contribution in [1.29, 1.82) is 0 Å². The van der Waals surface area contributed by atoms with E-state index in [0.29, 0.717) is 5.69 Å². The number of urea groups is 1. The zero-order chi connectivity index (χ0) is 9.68. The maximum absolute atomic E-state index is 10.2. The highest BCUT2D eigenvalue weighted by Gasteiger charge is 1.88. The minimum atomic E-state index is -0.688. The van der Waals surface area contributed by atoms with Gasteiger partial charge in [0.1, 0.15) is 0 Å². The highest BCUT2D eigenvalue weighted by molar-refractivity contribution is 5.81. The molecule has 0 aliphatic heterocycles. The van der Waals surface area contributed by atoms with Crippen LogP contribution >= 0.6 is 0 Å². The van der Waals surface area contributed by atoms with Crippen LogP contribution in [-0.4, -0.2) is 12.2 Å². The predicted octanol–water partition coefficient (Wildman–Crippen LogP) is 0.271. The van der Waals surface area contributed by atoms with Gasteiger partial charge >= 0.3 is 6.03 Å². The number of hydrogen-bond donors (Lipinski definition) is 3. The third-order valence-corrected chi connectivity index (χ3v) is 1.32. The standard InChI is InChI=1S/C8H10N4O/c9-7-3-1-6(2-4-7)5-11-12-8(10)13/h1-5H,9H2,(H3,10,12,13)/b11-5-. The van der Waals surface area contributed by atoms with Gasteiger partial charge in [0.15, 0.2) is 0 Å². The van der Waals surface area contributed by atoms with E-state index in [9.17, 15) is 4.79 Å². The van der Waals surface area contributed by atoms with E-state index in [1.165, 1.54) is 6.21 Å². The van der Waals surface area contributed by atoms with Crippen LogP contribution in [-0.2, 0) is 0 Å². The molecule has 13 heavy (non-hydrogen) atoms. The van der Waals surface area contributed by atoms with Crippen LogP contribution in [0.3, 0.4) is 0 Å². The summed E-state index contributed by atoms with van der Waals surface area (Å²) in [6.07, 6.45) is 1.48. The Morgan fingerprint density at radius 3 is 2.54 bits per heavy atom. The number of amides is 2. The van der Waals surface area contributed by atoms with Gasteiger partial charge in [-0.3, -0.25) is 0 Å². The Morgan fingerprint density at radius 2 is 2.00 bits per heavy atom. The van der Waals surface area contributed by atoms with E-state index in [4.69, 9.17) is 11.5 Å². The zero-order valence-electron chi connectivity index (χ0n) is 6.90. The third kappa shape index (κ3) is 3.24. The van der Waals surface area contributed by atoms with Crippen LogP contribution in [0.1, 0.15) is 5.56 Å². The minimum absolute atomic E-state index is 0.681. The maximum Gasteiger partial charge on any atom is 0.332 e. The van der Waals surface area contributed by atoms with E-state index in [1.54, 1.807) is 24.3 Å². The maximum atomic E-state index is 10.2. The molecule has 0 fully saturated rings. The largest absolute Gasteiger partial charge is 0.399 e. The molecule has 5 nitrogen and oxygen atoms in total. The summed E-state index contributed by atoms with van der Waals surface area (Å²) < 4.78 is 0. The second kappa shape index (κ2) is 4.10. The first-order chi connectivity index (χ1) is 6.18. The summed E-state index contributed by atoms with van der Waals surface area (Å²) >= 11 is 0. The minimum Gasteiger partial charge on any atom is -0.399 e. The van der Waals surface area contributed by atoms with Crippen molar-refractivity contribution in [2.75, 3.05) is 5.73 Å². The Morgan fingerprint density at radius 1 is 1.38 bits per heavy atom. The lowest BCUT2D eigenvalue weighted by atomic mass is 10.2. The van der Waals surface area contributed by atoms with Crippen molar-refractivity contribution in [3.05, 3.63) is 29.8 Å². The van der Waals surface area contributed by atoms with Crippen LogP contribution in [0.5, 0.6) is 0 Å². The average molecular weight is 178 g/mol. The van der Waals surface area contributed by atoms with E-state index in [1.807, 2.05) is 0 Å². The van der Waals surface area contributed by atoms with E-state index in [-0.39, 0.29) is 0 Å². The fourth-order valence-corrected chi connectivity index (χ4v) is 0.753. The van der Waals surface area contributed by atoms with Gasteiger partial charge in [-0.05, 0) is 17.7 Å². The number of nitrogens with zero attached hydrogens (tertiary/aromatic N) is 1. The zero-order valence-corrected chi connectivity index (χ0v) is 6.90. The number of primary amides is 1. The molecule has 0 saturated heterocycles. The number of carbonyl (C=O) groups is 1. The smallest absolute Gasteiger partial charge is 0.332 e. The fourth-order valence-electron chi connectivity index (χ4n) is 0.753.